The summed E-state index contributed by atoms with van der Waals surface area (Å²) in [5, 5.41) is 3.15. The average Bonchev–Trinajstić information content (AvgIpc) is 2.49. The molecule has 0 fully saturated rings. The zero-order valence-corrected chi connectivity index (χ0v) is 12.0. The highest BCUT2D eigenvalue weighted by Gasteiger charge is 2.03. The van der Waals surface area contributed by atoms with Gasteiger partial charge in [0.15, 0.2) is 0 Å². The Bertz CT molecular complexity index is 454. The summed E-state index contributed by atoms with van der Waals surface area (Å²) in [4.78, 5) is 0. The third-order valence-electron chi connectivity index (χ3n) is 2.59. The molecule has 2 rings (SSSR count). The van der Waals surface area contributed by atoms with E-state index in [0.717, 1.165) is 24.5 Å². The van der Waals surface area contributed by atoms with Crippen molar-refractivity contribution in [3.63, 3.8) is 0 Å². The van der Waals surface area contributed by atoms with Gasteiger partial charge in [-0.2, -0.15) is 0 Å². The van der Waals surface area contributed by atoms with Crippen LogP contribution in [0.15, 0.2) is 54.6 Å². The lowest BCUT2D eigenvalue weighted by atomic mass is 10.1. The van der Waals surface area contributed by atoms with Gasteiger partial charge in [-0.25, -0.2) is 0 Å². The first-order valence-corrected chi connectivity index (χ1v) is 6.85. The van der Waals surface area contributed by atoms with Crippen LogP contribution in [0.1, 0.15) is 19.4 Å². The van der Waals surface area contributed by atoms with Gasteiger partial charge in [0.1, 0.15) is 11.5 Å². The molecule has 0 unspecified atom stereocenters. The molecule has 0 radical (unpaired) electrons. The number of hydrogen-bond acceptors (Lipinski definition) is 2. The highest BCUT2D eigenvalue weighted by molar-refractivity contribution is 5.37. The van der Waals surface area contributed by atoms with Crippen LogP contribution in [0.5, 0.6) is 11.5 Å². The van der Waals surface area contributed by atoms with E-state index in [-0.39, 0.29) is 0 Å². The number of para-hydroxylation sites is 2. The molecule has 0 bridgehead atoms. The summed E-state index contributed by atoms with van der Waals surface area (Å²) >= 11 is 0. The molecule has 2 aromatic carbocycles. The lowest BCUT2D eigenvalue weighted by molar-refractivity contribution is 0.475. The zero-order chi connectivity index (χ0) is 13.9. The van der Waals surface area contributed by atoms with E-state index in [1.54, 1.807) is 0 Å². The predicted molar refractivity (Wildman–Crippen MR) is 81.9 cm³/mol. The van der Waals surface area contributed by atoms with Crippen molar-refractivity contribution in [1.82, 2.24) is 5.32 Å². The van der Waals surface area contributed by atoms with Crippen LogP contribution in [0.4, 0.5) is 0 Å². The van der Waals surface area contributed by atoms with E-state index in [4.69, 9.17) is 4.74 Å². The minimum atomic E-state index is 0.879. The first-order valence-electron chi connectivity index (χ1n) is 6.85. The number of nitrogens with one attached hydrogen (secondary N) is 1. The molecule has 0 aliphatic rings. The van der Waals surface area contributed by atoms with Crippen molar-refractivity contribution < 1.29 is 4.74 Å². The Morgan fingerprint density at radius 1 is 0.895 bits per heavy atom. The molecule has 0 amide bonds. The molecule has 0 atom stereocenters. The fraction of sp³-hybridized carbons (Fsp3) is 0.294. The van der Waals surface area contributed by atoms with Gasteiger partial charge >= 0.3 is 0 Å². The normalized spacial score (nSPS) is 9.42. The van der Waals surface area contributed by atoms with Crippen molar-refractivity contribution in [2.75, 3.05) is 13.6 Å². The van der Waals surface area contributed by atoms with E-state index in [1.807, 2.05) is 69.4 Å². The molecule has 0 aromatic heterocycles. The molecule has 0 aliphatic carbocycles. The Morgan fingerprint density at radius 3 is 2.21 bits per heavy atom. The molecule has 2 nitrogen and oxygen atoms in total. The number of benzene rings is 2. The van der Waals surface area contributed by atoms with Gasteiger partial charge in [-0.1, -0.05) is 50.2 Å². The van der Waals surface area contributed by atoms with Crippen molar-refractivity contribution in [1.29, 1.82) is 0 Å². The minimum absolute atomic E-state index is 0.879. The molecule has 0 heterocycles. The standard InChI is InChI=1S/C15H17NO.C2H6/c1-16-12-11-13-7-5-6-10-15(13)17-14-8-3-2-4-9-14;1-2/h2-10,16H,11-12H2,1H3;1-2H3. The van der Waals surface area contributed by atoms with Crippen LogP contribution >= 0.6 is 0 Å². The van der Waals surface area contributed by atoms with Crippen LogP contribution in [-0.4, -0.2) is 13.6 Å². The first kappa shape index (κ1) is 15.3. The van der Waals surface area contributed by atoms with Gasteiger partial charge in [0, 0.05) is 0 Å². The van der Waals surface area contributed by atoms with Crippen LogP contribution in [0, 0.1) is 0 Å². The van der Waals surface area contributed by atoms with E-state index in [1.165, 1.54) is 5.56 Å². The summed E-state index contributed by atoms with van der Waals surface area (Å²) in [6.07, 6.45) is 0.972. The summed E-state index contributed by atoms with van der Waals surface area (Å²) in [6.45, 7) is 4.95. The van der Waals surface area contributed by atoms with Crippen LogP contribution in [0.3, 0.4) is 0 Å². The second kappa shape index (κ2) is 9.17. The fourth-order valence-electron chi connectivity index (χ4n) is 1.69. The van der Waals surface area contributed by atoms with E-state index in [0.29, 0.717) is 0 Å². The van der Waals surface area contributed by atoms with Crippen LogP contribution in [0.2, 0.25) is 0 Å². The molecular weight excluding hydrogens is 234 g/mol. The lowest BCUT2D eigenvalue weighted by Crippen LogP contribution is -2.10. The molecule has 2 heteroatoms. The SMILES string of the molecule is CC.CNCCc1ccccc1Oc1ccccc1. The molecule has 0 aliphatic heterocycles. The third-order valence-corrected chi connectivity index (χ3v) is 2.59. The maximum absolute atomic E-state index is 5.88. The van der Waals surface area contributed by atoms with Crippen molar-refractivity contribution in [3.05, 3.63) is 60.2 Å². The summed E-state index contributed by atoms with van der Waals surface area (Å²) in [6, 6.07) is 18.0. The first-order chi connectivity index (χ1) is 9.40. The number of likely N-dealkylation sites (N-methyl/N-ethyl adjacent to an activating group) is 1. The Kier molecular flexibility index (Phi) is 7.37. The average molecular weight is 257 g/mol. The Morgan fingerprint density at radius 2 is 1.53 bits per heavy atom. The van der Waals surface area contributed by atoms with Gasteiger partial charge < -0.3 is 10.1 Å². The van der Waals surface area contributed by atoms with E-state index in [2.05, 4.69) is 11.4 Å². The van der Waals surface area contributed by atoms with E-state index in [9.17, 15) is 0 Å². The third kappa shape index (κ3) is 5.14. The summed E-state index contributed by atoms with van der Waals surface area (Å²) < 4.78 is 5.88. The molecule has 19 heavy (non-hydrogen) atoms. The largest absolute Gasteiger partial charge is 0.457 e. The van der Waals surface area contributed by atoms with E-state index >= 15 is 0 Å². The van der Waals surface area contributed by atoms with Gasteiger partial charge in [0.05, 0.1) is 0 Å². The van der Waals surface area contributed by atoms with Gasteiger partial charge in [-0.15, -0.1) is 0 Å². The second-order valence-corrected chi connectivity index (χ2v) is 3.88. The quantitative estimate of drug-likeness (QED) is 0.863. The molecule has 0 spiro atoms. The number of hydrogen-bond donors (Lipinski definition) is 1. The lowest BCUT2D eigenvalue weighted by Gasteiger charge is -2.10. The number of ether oxygens (including phenoxy) is 1. The smallest absolute Gasteiger partial charge is 0.130 e. The maximum atomic E-state index is 5.88. The molecule has 1 N–H and O–H groups in total. The van der Waals surface area contributed by atoms with Crippen LogP contribution in [0.25, 0.3) is 0 Å². The van der Waals surface area contributed by atoms with Gasteiger partial charge in [0.2, 0.25) is 0 Å². The molecule has 0 saturated carbocycles. The fourth-order valence-corrected chi connectivity index (χ4v) is 1.69. The highest BCUT2D eigenvalue weighted by atomic mass is 16.5. The van der Waals surface area contributed by atoms with Gasteiger partial charge in [0.25, 0.3) is 0 Å². The minimum Gasteiger partial charge on any atom is -0.457 e. The van der Waals surface area contributed by atoms with Gasteiger partial charge in [-0.05, 0) is 43.8 Å². The van der Waals surface area contributed by atoms with Crippen molar-refractivity contribution in [2.45, 2.75) is 20.3 Å². The molecular formula is C17H23NO. The van der Waals surface area contributed by atoms with E-state index < -0.39 is 0 Å². The Labute approximate surface area is 116 Å². The highest BCUT2D eigenvalue weighted by Crippen LogP contribution is 2.25. The van der Waals surface area contributed by atoms with Gasteiger partial charge in [-0.3, -0.25) is 0 Å². The maximum Gasteiger partial charge on any atom is 0.130 e. The topological polar surface area (TPSA) is 21.3 Å². The summed E-state index contributed by atoms with van der Waals surface area (Å²) in [7, 11) is 1.96. The zero-order valence-electron chi connectivity index (χ0n) is 12.0. The monoisotopic (exact) mass is 257 g/mol. The molecule has 102 valence electrons. The molecule has 0 saturated heterocycles. The second-order valence-electron chi connectivity index (χ2n) is 3.88. The Balaban J connectivity index is 0.000000861. The summed E-state index contributed by atoms with van der Waals surface area (Å²) in [5.41, 5.74) is 1.23. The predicted octanol–water partition coefficient (Wildman–Crippen LogP) is 4.27. The Hall–Kier alpha value is -1.80. The van der Waals surface area contributed by atoms with Crippen molar-refractivity contribution >= 4 is 0 Å². The van der Waals surface area contributed by atoms with Crippen molar-refractivity contribution in [2.24, 2.45) is 0 Å². The number of rotatable bonds is 5. The van der Waals surface area contributed by atoms with Crippen LogP contribution in [-0.2, 0) is 6.42 Å². The van der Waals surface area contributed by atoms with Crippen molar-refractivity contribution in [3.8, 4) is 11.5 Å². The molecule has 2 aromatic rings. The summed E-state index contributed by atoms with van der Waals surface area (Å²) in [5.74, 6) is 1.82. The van der Waals surface area contributed by atoms with Crippen LogP contribution < -0.4 is 10.1 Å².